The third kappa shape index (κ3) is 2.84. The molecule has 0 aliphatic carbocycles. The van der Waals surface area contributed by atoms with Crippen molar-refractivity contribution >= 4 is 16.9 Å². The van der Waals surface area contributed by atoms with E-state index in [0.29, 0.717) is 11.5 Å². The molecule has 0 fully saturated rings. The molecule has 0 aliphatic rings. The Labute approximate surface area is 150 Å². The Bertz CT molecular complexity index is 1060. The van der Waals surface area contributed by atoms with Crippen molar-refractivity contribution in [3.05, 3.63) is 89.9 Å². The van der Waals surface area contributed by atoms with Crippen molar-refractivity contribution in [1.29, 1.82) is 0 Å². The summed E-state index contributed by atoms with van der Waals surface area (Å²) >= 11 is 0. The molecule has 2 aromatic heterocycles. The zero-order chi connectivity index (χ0) is 17.9. The van der Waals surface area contributed by atoms with Crippen LogP contribution in [0.15, 0.2) is 73.1 Å². The SMILES string of the molecule is Cc1c(C(=O)OCc2ccccc2)c2ccccc2n1-c1ncccn1. The van der Waals surface area contributed by atoms with Crippen LogP contribution in [-0.4, -0.2) is 20.5 Å². The highest BCUT2D eigenvalue weighted by molar-refractivity contribution is 6.06. The molecule has 0 amide bonds. The predicted octanol–water partition coefficient (Wildman–Crippen LogP) is 4.09. The van der Waals surface area contributed by atoms with Gasteiger partial charge in [0.15, 0.2) is 0 Å². The number of hydrogen-bond donors (Lipinski definition) is 0. The van der Waals surface area contributed by atoms with Gasteiger partial charge in [-0.15, -0.1) is 0 Å². The van der Waals surface area contributed by atoms with Gasteiger partial charge in [-0.3, -0.25) is 4.57 Å². The molecule has 4 rings (SSSR count). The lowest BCUT2D eigenvalue weighted by molar-refractivity contribution is 0.0474. The molecule has 0 radical (unpaired) electrons. The van der Waals surface area contributed by atoms with Crippen LogP contribution in [0.25, 0.3) is 16.9 Å². The van der Waals surface area contributed by atoms with E-state index in [9.17, 15) is 4.79 Å². The van der Waals surface area contributed by atoms with Crippen LogP contribution in [0.2, 0.25) is 0 Å². The minimum atomic E-state index is -0.350. The average Bonchev–Trinajstić information content (AvgIpc) is 2.99. The van der Waals surface area contributed by atoms with Crippen molar-refractivity contribution < 1.29 is 9.53 Å². The Hall–Kier alpha value is -3.47. The zero-order valence-electron chi connectivity index (χ0n) is 14.3. The third-order valence-electron chi connectivity index (χ3n) is 4.28. The standard InChI is InChI=1S/C21H17N3O2/c1-15-19(20(25)26-14-16-8-3-2-4-9-16)17-10-5-6-11-18(17)24(15)21-22-12-7-13-23-21/h2-13H,14H2,1H3. The van der Waals surface area contributed by atoms with Gasteiger partial charge in [-0.1, -0.05) is 48.5 Å². The first-order valence-electron chi connectivity index (χ1n) is 8.34. The Morgan fingerprint density at radius 2 is 1.65 bits per heavy atom. The number of rotatable bonds is 4. The highest BCUT2D eigenvalue weighted by atomic mass is 16.5. The summed E-state index contributed by atoms with van der Waals surface area (Å²) in [6.07, 6.45) is 3.37. The summed E-state index contributed by atoms with van der Waals surface area (Å²) in [5.41, 5.74) is 3.14. The van der Waals surface area contributed by atoms with E-state index in [1.54, 1.807) is 18.5 Å². The first kappa shape index (κ1) is 16.0. The zero-order valence-corrected chi connectivity index (χ0v) is 14.3. The third-order valence-corrected chi connectivity index (χ3v) is 4.28. The molecular formula is C21H17N3O2. The van der Waals surface area contributed by atoms with E-state index in [4.69, 9.17) is 4.74 Å². The van der Waals surface area contributed by atoms with Crippen molar-refractivity contribution in [1.82, 2.24) is 14.5 Å². The largest absolute Gasteiger partial charge is 0.457 e. The predicted molar refractivity (Wildman–Crippen MR) is 99.2 cm³/mol. The molecule has 0 saturated carbocycles. The maximum absolute atomic E-state index is 12.8. The van der Waals surface area contributed by atoms with Crippen molar-refractivity contribution in [3.8, 4) is 5.95 Å². The lowest BCUT2D eigenvalue weighted by Crippen LogP contribution is -2.08. The van der Waals surface area contributed by atoms with Gasteiger partial charge in [-0.2, -0.15) is 0 Å². The summed E-state index contributed by atoms with van der Waals surface area (Å²) in [5, 5.41) is 0.829. The number of hydrogen-bond acceptors (Lipinski definition) is 4. The van der Waals surface area contributed by atoms with Crippen LogP contribution in [0.4, 0.5) is 0 Å². The number of carbonyl (C=O) groups is 1. The molecule has 0 saturated heterocycles. The Balaban J connectivity index is 1.76. The molecule has 4 aromatic rings. The minimum absolute atomic E-state index is 0.237. The maximum Gasteiger partial charge on any atom is 0.340 e. The molecule has 5 heteroatoms. The van der Waals surface area contributed by atoms with Gasteiger partial charge in [0.25, 0.3) is 0 Å². The summed E-state index contributed by atoms with van der Waals surface area (Å²) in [5.74, 6) is 0.181. The lowest BCUT2D eigenvalue weighted by Gasteiger charge is -2.07. The van der Waals surface area contributed by atoms with Gasteiger partial charge in [-0.05, 0) is 24.6 Å². The second-order valence-corrected chi connectivity index (χ2v) is 5.92. The van der Waals surface area contributed by atoms with Crippen LogP contribution in [0, 0.1) is 6.92 Å². The summed E-state index contributed by atoms with van der Waals surface area (Å²) in [7, 11) is 0. The van der Waals surface area contributed by atoms with Crippen molar-refractivity contribution in [3.63, 3.8) is 0 Å². The number of esters is 1. The summed E-state index contributed by atoms with van der Waals surface area (Å²) in [6.45, 7) is 2.12. The van der Waals surface area contributed by atoms with E-state index in [1.165, 1.54) is 0 Å². The fourth-order valence-electron chi connectivity index (χ4n) is 3.08. The number of aromatic nitrogens is 3. The Kier molecular flexibility index (Phi) is 4.19. The highest BCUT2D eigenvalue weighted by Gasteiger charge is 2.22. The fourth-order valence-corrected chi connectivity index (χ4v) is 3.08. The molecule has 26 heavy (non-hydrogen) atoms. The summed E-state index contributed by atoms with van der Waals surface area (Å²) in [4.78, 5) is 21.5. The first-order valence-corrected chi connectivity index (χ1v) is 8.34. The first-order chi connectivity index (χ1) is 12.8. The van der Waals surface area contributed by atoms with Crippen molar-refractivity contribution in [2.45, 2.75) is 13.5 Å². The van der Waals surface area contributed by atoms with Crippen molar-refractivity contribution in [2.24, 2.45) is 0 Å². The van der Waals surface area contributed by atoms with E-state index < -0.39 is 0 Å². The molecule has 5 nitrogen and oxygen atoms in total. The van der Waals surface area contributed by atoms with E-state index in [-0.39, 0.29) is 12.6 Å². The molecule has 0 N–H and O–H groups in total. The van der Waals surface area contributed by atoms with Gasteiger partial charge in [0.2, 0.25) is 5.95 Å². The molecule has 0 atom stereocenters. The molecule has 128 valence electrons. The van der Waals surface area contributed by atoms with Crippen LogP contribution in [0.5, 0.6) is 0 Å². The smallest absolute Gasteiger partial charge is 0.340 e. The Morgan fingerprint density at radius 1 is 0.962 bits per heavy atom. The highest BCUT2D eigenvalue weighted by Crippen LogP contribution is 2.28. The van der Waals surface area contributed by atoms with E-state index in [1.807, 2.05) is 66.1 Å². The maximum atomic E-state index is 12.8. The van der Waals surface area contributed by atoms with E-state index >= 15 is 0 Å². The quantitative estimate of drug-likeness (QED) is 0.524. The van der Waals surface area contributed by atoms with Gasteiger partial charge in [0, 0.05) is 23.5 Å². The number of para-hydroxylation sites is 1. The topological polar surface area (TPSA) is 57.0 Å². The van der Waals surface area contributed by atoms with Gasteiger partial charge < -0.3 is 4.74 Å². The molecule has 2 heterocycles. The van der Waals surface area contributed by atoms with E-state index in [0.717, 1.165) is 22.2 Å². The minimum Gasteiger partial charge on any atom is -0.457 e. The second kappa shape index (κ2) is 6.80. The normalized spacial score (nSPS) is 10.8. The van der Waals surface area contributed by atoms with Crippen LogP contribution >= 0.6 is 0 Å². The van der Waals surface area contributed by atoms with Gasteiger partial charge >= 0.3 is 5.97 Å². The number of nitrogens with zero attached hydrogens (tertiary/aromatic N) is 3. The van der Waals surface area contributed by atoms with Crippen LogP contribution in [0.3, 0.4) is 0 Å². The van der Waals surface area contributed by atoms with Crippen LogP contribution < -0.4 is 0 Å². The van der Waals surface area contributed by atoms with E-state index in [2.05, 4.69) is 9.97 Å². The van der Waals surface area contributed by atoms with Crippen LogP contribution in [0.1, 0.15) is 21.6 Å². The lowest BCUT2D eigenvalue weighted by atomic mass is 10.1. The molecule has 0 aliphatic heterocycles. The monoisotopic (exact) mass is 343 g/mol. The van der Waals surface area contributed by atoms with Gasteiger partial charge in [0.1, 0.15) is 6.61 Å². The second-order valence-electron chi connectivity index (χ2n) is 5.92. The molecule has 2 aromatic carbocycles. The number of ether oxygens (including phenoxy) is 1. The number of carbonyl (C=O) groups excluding carboxylic acids is 1. The summed E-state index contributed by atoms with van der Waals surface area (Å²) < 4.78 is 7.44. The fraction of sp³-hybridized carbons (Fsp3) is 0.0952. The Morgan fingerprint density at radius 3 is 2.42 bits per heavy atom. The van der Waals surface area contributed by atoms with Crippen molar-refractivity contribution in [2.75, 3.05) is 0 Å². The van der Waals surface area contributed by atoms with Gasteiger partial charge in [-0.25, -0.2) is 14.8 Å². The molecule has 0 bridgehead atoms. The van der Waals surface area contributed by atoms with Crippen LogP contribution in [-0.2, 0) is 11.3 Å². The summed E-state index contributed by atoms with van der Waals surface area (Å²) in [6, 6.07) is 19.1. The molecule has 0 spiro atoms. The average molecular weight is 343 g/mol. The molecule has 0 unspecified atom stereocenters. The van der Waals surface area contributed by atoms with Gasteiger partial charge in [0.05, 0.1) is 11.1 Å². The number of benzene rings is 2. The molecular weight excluding hydrogens is 326 g/mol. The number of fused-ring (bicyclic) bond motifs is 1.